The Hall–Kier alpha value is -1.55. The van der Waals surface area contributed by atoms with Crippen LogP contribution in [0.3, 0.4) is 0 Å². The van der Waals surface area contributed by atoms with Gasteiger partial charge in [-0.2, -0.15) is 0 Å². The molecule has 2 amide bonds. The zero-order valence-electron chi connectivity index (χ0n) is 8.49. The van der Waals surface area contributed by atoms with E-state index in [9.17, 15) is 4.79 Å². The van der Waals surface area contributed by atoms with Crippen LogP contribution in [0.25, 0.3) is 0 Å². The molecule has 1 saturated heterocycles. The van der Waals surface area contributed by atoms with Crippen molar-refractivity contribution in [3.05, 3.63) is 30.3 Å². The fraction of sp³-hybridized carbons (Fsp3) is 0.364. The summed E-state index contributed by atoms with van der Waals surface area (Å²) < 4.78 is 0. The second-order valence-corrected chi connectivity index (χ2v) is 3.65. The van der Waals surface area contributed by atoms with E-state index < -0.39 is 0 Å². The van der Waals surface area contributed by atoms with Crippen LogP contribution in [0.4, 0.5) is 10.5 Å². The summed E-state index contributed by atoms with van der Waals surface area (Å²) in [6, 6.07) is 9.58. The number of hydrogen-bond donors (Lipinski definition) is 3. The molecule has 0 unspecified atom stereocenters. The van der Waals surface area contributed by atoms with Gasteiger partial charge in [-0.25, -0.2) is 4.79 Å². The first-order chi connectivity index (χ1) is 7.34. The lowest BCUT2D eigenvalue weighted by atomic mass is 10.3. The van der Waals surface area contributed by atoms with E-state index in [-0.39, 0.29) is 12.1 Å². The lowest BCUT2D eigenvalue weighted by Gasteiger charge is -2.12. The Balaban J connectivity index is 1.82. The molecule has 1 fully saturated rings. The average Bonchev–Trinajstić information content (AvgIpc) is 2.71. The molecule has 80 valence electrons. The Kier molecular flexibility index (Phi) is 3.19. The van der Waals surface area contributed by atoms with Crippen molar-refractivity contribution < 1.29 is 4.79 Å². The number of nitrogens with one attached hydrogen (secondary N) is 3. The van der Waals surface area contributed by atoms with Crippen LogP contribution in [-0.2, 0) is 0 Å². The highest BCUT2D eigenvalue weighted by molar-refractivity contribution is 5.89. The highest BCUT2D eigenvalue weighted by Crippen LogP contribution is 2.05. The van der Waals surface area contributed by atoms with E-state index in [4.69, 9.17) is 0 Å². The quantitative estimate of drug-likeness (QED) is 0.679. The number of urea groups is 1. The molecule has 1 aromatic carbocycles. The molecule has 15 heavy (non-hydrogen) atoms. The summed E-state index contributed by atoms with van der Waals surface area (Å²) in [5.74, 6) is 0. The van der Waals surface area contributed by atoms with Gasteiger partial charge in [-0.05, 0) is 25.1 Å². The van der Waals surface area contributed by atoms with Gasteiger partial charge >= 0.3 is 6.03 Å². The number of rotatable bonds is 2. The number of carbonyl (C=O) groups excluding carboxylic acids is 1. The van der Waals surface area contributed by atoms with E-state index in [2.05, 4.69) is 16.0 Å². The molecular formula is C11H15N3O. The molecule has 1 atom stereocenters. The van der Waals surface area contributed by atoms with E-state index in [1.807, 2.05) is 30.3 Å². The largest absolute Gasteiger partial charge is 0.334 e. The fourth-order valence-corrected chi connectivity index (χ4v) is 1.65. The summed E-state index contributed by atoms with van der Waals surface area (Å²) >= 11 is 0. The predicted octanol–water partition coefficient (Wildman–Crippen LogP) is 1.17. The second-order valence-electron chi connectivity index (χ2n) is 3.65. The molecule has 1 aliphatic heterocycles. The number of anilines is 1. The van der Waals surface area contributed by atoms with E-state index in [0.717, 1.165) is 25.2 Å². The van der Waals surface area contributed by atoms with Gasteiger partial charge in [0.05, 0.1) is 0 Å². The van der Waals surface area contributed by atoms with Crippen molar-refractivity contribution in [3.8, 4) is 0 Å². The number of benzene rings is 1. The summed E-state index contributed by atoms with van der Waals surface area (Å²) in [4.78, 5) is 11.5. The number of hydrogen-bond acceptors (Lipinski definition) is 2. The van der Waals surface area contributed by atoms with E-state index in [1.54, 1.807) is 0 Å². The third kappa shape index (κ3) is 2.95. The minimum absolute atomic E-state index is 0.130. The summed E-state index contributed by atoms with van der Waals surface area (Å²) in [7, 11) is 0. The van der Waals surface area contributed by atoms with Gasteiger partial charge in [0.1, 0.15) is 0 Å². The monoisotopic (exact) mass is 205 g/mol. The maximum Gasteiger partial charge on any atom is 0.319 e. The summed E-state index contributed by atoms with van der Waals surface area (Å²) in [5, 5.41) is 8.90. The van der Waals surface area contributed by atoms with Crippen LogP contribution in [0.5, 0.6) is 0 Å². The van der Waals surface area contributed by atoms with Gasteiger partial charge in [0.25, 0.3) is 0 Å². The molecule has 0 bridgehead atoms. The van der Waals surface area contributed by atoms with Gasteiger partial charge in [0.2, 0.25) is 0 Å². The standard InChI is InChI=1S/C11H15N3O/c15-11(14-10-6-7-12-8-10)13-9-4-2-1-3-5-9/h1-5,10,12H,6-8H2,(H2,13,14,15)/t10-/m1/s1. The van der Waals surface area contributed by atoms with Crippen LogP contribution in [-0.4, -0.2) is 25.2 Å². The fourth-order valence-electron chi connectivity index (χ4n) is 1.65. The third-order valence-corrected chi connectivity index (χ3v) is 2.43. The van der Waals surface area contributed by atoms with Crippen LogP contribution in [0.2, 0.25) is 0 Å². The normalized spacial score (nSPS) is 19.9. The molecule has 4 nitrogen and oxygen atoms in total. The first kappa shape index (κ1) is 9.98. The molecule has 1 aromatic rings. The van der Waals surface area contributed by atoms with Crippen LogP contribution < -0.4 is 16.0 Å². The average molecular weight is 205 g/mol. The maximum absolute atomic E-state index is 11.5. The van der Waals surface area contributed by atoms with Crippen molar-refractivity contribution in [3.63, 3.8) is 0 Å². The topological polar surface area (TPSA) is 53.2 Å². The Morgan fingerprint density at radius 1 is 1.33 bits per heavy atom. The number of carbonyl (C=O) groups is 1. The molecule has 3 N–H and O–H groups in total. The molecule has 0 aliphatic carbocycles. The van der Waals surface area contributed by atoms with E-state index in [0.29, 0.717) is 0 Å². The predicted molar refractivity (Wildman–Crippen MR) is 59.9 cm³/mol. The van der Waals surface area contributed by atoms with E-state index >= 15 is 0 Å². The number of para-hydroxylation sites is 1. The minimum Gasteiger partial charge on any atom is -0.334 e. The van der Waals surface area contributed by atoms with Crippen LogP contribution >= 0.6 is 0 Å². The van der Waals surface area contributed by atoms with Crippen LogP contribution in [0, 0.1) is 0 Å². The molecule has 1 heterocycles. The molecule has 0 saturated carbocycles. The van der Waals surface area contributed by atoms with Crippen LogP contribution in [0.15, 0.2) is 30.3 Å². The highest BCUT2D eigenvalue weighted by atomic mass is 16.2. The van der Waals surface area contributed by atoms with Gasteiger partial charge in [-0.15, -0.1) is 0 Å². The van der Waals surface area contributed by atoms with Crippen molar-refractivity contribution in [1.29, 1.82) is 0 Å². The van der Waals surface area contributed by atoms with Gasteiger partial charge < -0.3 is 16.0 Å². The van der Waals surface area contributed by atoms with Crippen molar-refractivity contribution in [2.45, 2.75) is 12.5 Å². The molecule has 0 aromatic heterocycles. The zero-order valence-corrected chi connectivity index (χ0v) is 8.49. The Morgan fingerprint density at radius 3 is 2.80 bits per heavy atom. The maximum atomic E-state index is 11.5. The van der Waals surface area contributed by atoms with Crippen molar-refractivity contribution >= 4 is 11.7 Å². The zero-order chi connectivity index (χ0) is 10.5. The summed E-state index contributed by atoms with van der Waals surface area (Å²) in [5.41, 5.74) is 0.820. The molecule has 1 aliphatic rings. The molecular weight excluding hydrogens is 190 g/mol. The Morgan fingerprint density at radius 2 is 2.13 bits per heavy atom. The molecule has 0 radical (unpaired) electrons. The van der Waals surface area contributed by atoms with Crippen molar-refractivity contribution in [2.24, 2.45) is 0 Å². The minimum atomic E-state index is -0.130. The smallest absolute Gasteiger partial charge is 0.319 e. The Labute approximate surface area is 89.1 Å². The van der Waals surface area contributed by atoms with Gasteiger partial charge in [0.15, 0.2) is 0 Å². The SMILES string of the molecule is O=C(Nc1ccccc1)N[C@@H]1CCNC1. The van der Waals surface area contributed by atoms with Crippen LogP contribution in [0.1, 0.15) is 6.42 Å². The van der Waals surface area contributed by atoms with Crippen molar-refractivity contribution in [1.82, 2.24) is 10.6 Å². The van der Waals surface area contributed by atoms with Gasteiger partial charge in [0, 0.05) is 18.3 Å². The highest BCUT2D eigenvalue weighted by Gasteiger charge is 2.16. The summed E-state index contributed by atoms with van der Waals surface area (Å²) in [6.45, 7) is 1.85. The van der Waals surface area contributed by atoms with E-state index in [1.165, 1.54) is 0 Å². The first-order valence-corrected chi connectivity index (χ1v) is 5.18. The lowest BCUT2D eigenvalue weighted by molar-refractivity contribution is 0.249. The number of amides is 2. The van der Waals surface area contributed by atoms with Gasteiger partial charge in [-0.3, -0.25) is 0 Å². The Bertz CT molecular complexity index is 320. The lowest BCUT2D eigenvalue weighted by Crippen LogP contribution is -2.39. The molecule has 4 heteroatoms. The molecule has 0 spiro atoms. The molecule has 2 rings (SSSR count). The first-order valence-electron chi connectivity index (χ1n) is 5.18. The second kappa shape index (κ2) is 4.79. The summed E-state index contributed by atoms with van der Waals surface area (Å²) in [6.07, 6.45) is 1.00. The van der Waals surface area contributed by atoms with Crippen molar-refractivity contribution in [2.75, 3.05) is 18.4 Å². The third-order valence-electron chi connectivity index (χ3n) is 2.43. The van der Waals surface area contributed by atoms with Gasteiger partial charge in [-0.1, -0.05) is 18.2 Å².